The molecular formula is C15H25ClN2. The summed E-state index contributed by atoms with van der Waals surface area (Å²) in [5.74, 6) is 0. The second-order valence-corrected chi connectivity index (χ2v) is 6.34. The van der Waals surface area contributed by atoms with Gasteiger partial charge in [-0.05, 0) is 45.7 Å². The van der Waals surface area contributed by atoms with Crippen molar-refractivity contribution in [1.29, 1.82) is 0 Å². The van der Waals surface area contributed by atoms with Crippen molar-refractivity contribution in [2.24, 2.45) is 0 Å². The van der Waals surface area contributed by atoms with E-state index in [4.69, 9.17) is 11.6 Å². The smallest absolute Gasteiger partial charge is 0.0480 e. The summed E-state index contributed by atoms with van der Waals surface area (Å²) in [6.07, 6.45) is 0. The minimum Gasteiger partial charge on any atom is -0.311 e. The predicted octanol–water partition coefficient (Wildman–Crippen LogP) is 3.51. The molecule has 0 fully saturated rings. The molecule has 0 spiro atoms. The molecule has 1 rings (SSSR count). The van der Waals surface area contributed by atoms with Crippen molar-refractivity contribution < 1.29 is 0 Å². The predicted molar refractivity (Wildman–Crippen MR) is 80.2 cm³/mol. The molecule has 2 nitrogen and oxygen atoms in total. The van der Waals surface area contributed by atoms with Crippen LogP contribution in [0.2, 0.25) is 5.02 Å². The Kier molecular flexibility index (Phi) is 5.64. The van der Waals surface area contributed by atoms with Crippen molar-refractivity contribution in [2.75, 3.05) is 6.54 Å². The maximum Gasteiger partial charge on any atom is 0.0480 e. The quantitative estimate of drug-likeness (QED) is 0.854. The zero-order valence-corrected chi connectivity index (χ0v) is 12.9. The maximum atomic E-state index is 6.27. The van der Waals surface area contributed by atoms with Crippen LogP contribution in [-0.2, 0) is 6.54 Å². The van der Waals surface area contributed by atoms with Gasteiger partial charge in [0.1, 0.15) is 0 Å². The molecule has 1 aromatic rings. The van der Waals surface area contributed by atoms with Crippen molar-refractivity contribution in [1.82, 2.24) is 10.6 Å². The molecule has 0 radical (unpaired) electrons. The van der Waals surface area contributed by atoms with Gasteiger partial charge in [0.25, 0.3) is 0 Å². The molecule has 1 aromatic carbocycles. The summed E-state index contributed by atoms with van der Waals surface area (Å²) in [6.45, 7) is 12.5. The van der Waals surface area contributed by atoms with E-state index < -0.39 is 0 Å². The van der Waals surface area contributed by atoms with Crippen LogP contribution in [0.5, 0.6) is 0 Å². The first kappa shape index (κ1) is 15.5. The number of rotatable bonds is 5. The molecule has 0 saturated heterocycles. The summed E-state index contributed by atoms with van der Waals surface area (Å²) < 4.78 is 0. The topological polar surface area (TPSA) is 24.1 Å². The third-order valence-corrected chi connectivity index (χ3v) is 3.39. The van der Waals surface area contributed by atoms with Crippen LogP contribution in [-0.4, -0.2) is 18.1 Å². The highest BCUT2D eigenvalue weighted by molar-refractivity contribution is 6.32. The first-order valence-electron chi connectivity index (χ1n) is 6.52. The first-order valence-corrected chi connectivity index (χ1v) is 6.90. The van der Waals surface area contributed by atoms with Crippen LogP contribution < -0.4 is 10.6 Å². The van der Waals surface area contributed by atoms with E-state index in [1.807, 2.05) is 13.0 Å². The van der Waals surface area contributed by atoms with Crippen LogP contribution in [0.1, 0.15) is 38.8 Å². The monoisotopic (exact) mass is 268 g/mol. The average molecular weight is 269 g/mol. The van der Waals surface area contributed by atoms with Gasteiger partial charge < -0.3 is 10.6 Å². The van der Waals surface area contributed by atoms with E-state index in [-0.39, 0.29) is 5.54 Å². The van der Waals surface area contributed by atoms with Crippen LogP contribution in [0.25, 0.3) is 0 Å². The number of halogens is 1. The lowest BCUT2D eigenvalue weighted by Gasteiger charge is -2.24. The van der Waals surface area contributed by atoms with Gasteiger partial charge in [-0.3, -0.25) is 0 Å². The SMILES string of the molecule is Cc1cccc(CNC(C)CNC(C)(C)C)c1Cl. The maximum absolute atomic E-state index is 6.27. The number of nitrogens with one attached hydrogen (secondary N) is 2. The van der Waals surface area contributed by atoms with Gasteiger partial charge in [0, 0.05) is 29.7 Å². The molecule has 0 saturated carbocycles. The fourth-order valence-corrected chi connectivity index (χ4v) is 1.85. The van der Waals surface area contributed by atoms with E-state index in [1.165, 1.54) is 5.56 Å². The standard InChI is InChI=1S/C15H25ClN2/c1-11-7-6-8-13(14(11)16)10-17-12(2)9-18-15(3,4)5/h6-8,12,17-18H,9-10H2,1-5H3. The molecule has 0 bridgehead atoms. The van der Waals surface area contributed by atoms with E-state index in [2.05, 4.69) is 50.5 Å². The van der Waals surface area contributed by atoms with Gasteiger partial charge in [-0.1, -0.05) is 29.8 Å². The van der Waals surface area contributed by atoms with E-state index in [0.29, 0.717) is 6.04 Å². The lowest BCUT2D eigenvalue weighted by atomic mass is 10.1. The molecule has 0 amide bonds. The Morgan fingerprint density at radius 3 is 2.56 bits per heavy atom. The molecule has 0 aromatic heterocycles. The van der Waals surface area contributed by atoms with Crippen molar-refractivity contribution in [3.63, 3.8) is 0 Å². The molecule has 0 heterocycles. The highest BCUT2D eigenvalue weighted by Crippen LogP contribution is 2.19. The number of aryl methyl sites for hydroxylation is 1. The Balaban J connectivity index is 2.43. The van der Waals surface area contributed by atoms with Crippen molar-refractivity contribution in [3.05, 3.63) is 34.3 Å². The summed E-state index contributed by atoms with van der Waals surface area (Å²) in [5, 5.41) is 7.86. The number of hydrogen-bond donors (Lipinski definition) is 2. The van der Waals surface area contributed by atoms with E-state index in [0.717, 1.165) is 23.7 Å². The lowest BCUT2D eigenvalue weighted by Crippen LogP contribution is -2.44. The minimum absolute atomic E-state index is 0.164. The molecule has 0 aliphatic heterocycles. The van der Waals surface area contributed by atoms with Gasteiger partial charge in [-0.25, -0.2) is 0 Å². The van der Waals surface area contributed by atoms with Gasteiger partial charge in [-0.2, -0.15) is 0 Å². The molecule has 0 aliphatic rings. The zero-order valence-electron chi connectivity index (χ0n) is 12.1. The molecule has 0 aliphatic carbocycles. The highest BCUT2D eigenvalue weighted by Gasteiger charge is 2.11. The molecule has 1 unspecified atom stereocenters. The Morgan fingerprint density at radius 1 is 1.28 bits per heavy atom. The third-order valence-electron chi connectivity index (χ3n) is 2.85. The van der Waals surface area contributed by atoms with Gasteiger partial charge >= 0.3 is 0 Å². The van der Waals surface area contributed by atoms with Gasteiger partial charge in [0.15, 0.2) is 0 Å². The third kappa shape index (κ3) is 5.38. The Labute approximate surface area is 116 Å². The van der Waals surface area contributed by atoms with Crippen LogP contribution >= 0.6 is 11.6 Å². The number of benzene rings is 1. The highest BCUT2D eigenvalue weighted by atomic mass is 35.5. The average Bonchev–Trinajstić information content (AvgIpc) is 2.27. The molecule has 18 heavy (non-hydrogen) atoms. The van der Waals surface area contributed by atoms with Crippen molar-refractivity contribution in [2.45, 2.75) is 52.7 Å². The molecule has 2 N–H and O–H groups in total. The summed E-state index contributed by atoms with van der Waals surface area (Å²) in [5.41, 5.74) is 2.47. The Morgan fingerprint density at radius 2 is 1.94 bits per heavy atom. The lowest BCUT2D eigenvalue weighted by molar-refractivity contribution is 0.387. The molecule has 102 valence electrons. The fourth-order valence-electron chi connectivity index (χ4n) is 1.66. The first-order chi connectivity index (χ1) is 8.29. The van der Waals surface area contributed by atoms with E-state index in [9.17, 15) is 0 Å². The van der Waals surface area contributed by atoms with Crippen LogP contribution in [0.15, 0.2) is 18.2 Å². The summed E-state index contributed by atoms with van der Waals surface area (Å²) >= 11 is 6.27. The Hall–Kier alpha value is -0.570. The van der Waals surface area contributed by atoms with E-state index in [1.54, 1.807) is 0 Å². The van der Waals surface area contributed by atoms with Crippen LogP contribution in [0, 0.1) is 6.92 Å². The zero-order chi connectivity index (χ0) is 13.8. The minimum atomic E-state index is 0.164. The van der Waals surface area contributed by atoms with Crippen molar-refractivity contribution in [3.8, 4) is 0 Å². The van der Waals surface area contributed by atoms with Gasteiger partial charge in [0.05, 0.1) is 0 Å². The number of hydrogen-bond acceptors (Lipinski definition) is 2. The summed E-state index contributed by atoms with van der Waals surface area (Å²) in [7, 11) is 0. The molecule has 1 atom stereocenters. The molecular weight excluding hydrogens is 244 g/mol. The van der Waals surface area contributed by atoms with E-state index >= 15 is 0 Å². The second kappa shape index (κ2) is 6.55. The van der Waals surface area contributed by atoms with Gasteiger partial charge in [-0.15, -0.1) is 0 Å². The van der Waals surface area contributed by atoms with Crippen LogP contribution in [0.3, 0.4) is 0 Å². The fraction of sp³-hybridized carbons (Fsp3) is 0.600. The largest absolute Gasteiger partial charge is 0.311 e. The summed E-state index contributed by atoms with van der Waals surface area (Å²) in [4.78, 5) is 0. The normalized spacial score (nSPS) is 13.7. The second-order valence-electron chi connectivity index (χ2n) is 5.96. The Bertz CT molecular complexity index is 383. The van der Waals surface area contributed by atoms with Crippen LogP contribution in [0.4, 0.5) is 0 Å². The molecule has 3 heteroatoms. The summed E-state index contributed by atoms with van der Waals surface area (Å²) in [6, 6.07) is 6.58. The van der Waals surface area contributed by atoms with Gasteiger partial charge in [0.2, 0.25) is 0 Å². The van der Waals surface area contributed by atoms with Crippen molar-refractivity contribution >= 4 is 11.6 Å².